The van der Waals surface area contributed by atoms with Crippen molar-refractivity contribution in [2.45, 2.75) is 26.7 Å². The van der Waals surface area contributed by atoms with E-state index in [-0.39, 0.29) is 30.4 Å². The summed E-state index contributed by atoms with van der Waals surface area (Å²) in [6, 6.07) is 14.3. The van der Waals surface area contributed by atoms with Crippen molar-refractivity contribution in [2.24, 2.45) is 5.92 Å². The third-order valence-electron chi connectivity index (χ3n) is 5.34. The Morgan fingerprint density at radius 1 is 1.00 bits per heavy atom. The number of amides is 3. The lowest BCUT2D eigenvalue weighted by Gasteiger charge is -2.19. The van der Waals surface area contributed by atoms with Gasteiger partial charge in [0.15, 0.2) is 0 Å². The molecule has 0 aromatic heterocycles. The Morgan fingerprint density at radius 3 is 2.09 bits per heavy atom. The molecule has 0 radical (unpaired) electrons. The van der Waals surface area contributed by atoms with Gasteiger partial charge in [0.2, 0.25) is 0 Å². The third kappa shape index (κ3) is 6.34. The van der Waals surface area contributed by atoms with Gasteiger partial charge in [0.1, 0.15) is 5.84 Å². The van der Waals surface area contributed by atoms with Crippen LogP contribution in [0.4, 0.5) is 21.0 Å². The van der Waals surface area contributed by atoms with E-state index in [1.165, 1.54) is 7.11 Å². The predicted octanol–water partition coefficient (Wildman–Crippen LogP) is 3.95. The molecule has 2 N–H and O–H groups in total. The zero-order valence-corrected chi connectivity index (χ0v) is 19.7. The zero-order valence-electron chi connectivity index (χ0n) is 19.7. The van der Waals surface area contributed by atoms with Gasteiger partial charge in [0, 0.05) is 36.4 Å². The second-order valence-electron chi connectivity index (χ2n) is 8.37. The monoisotopic (exact) mass is 466 g/mol. The molecule has 1 saturated heterocycles. The largest absolute Gasteiger partial charge is 0.469 e. The number of rotatable bonds is 8. The Kier molecular flexibility index (Phi) is 8.24. The number of ether oxygens (including phenoxy) is 2. The van der Waals surface area contributed by atoms with E-state index in [1.807, 2.05) is 38.1 Å². The average Bonchev–Trinajstić information content (AvgIpc) is 3.22. The van der Waals surface area contributed by atoms with Crippen molar-refractivity contribution in [1.82, 2.24) is 5.32 Å². The molecule has 0 unspecified atom stereocenters. The maximum atomic E-state index is 13.0. The van der Waals surface area contributed by atoms with Gasteiger partial charge in [-0.2, -0.15) is 0 Å². The van der Waals surface area contributed by atoms with Crippen LogP contribution in [0.1, 0.15) is 31.4 Å². The maximum absolute atomic E-state index is 13.0. The summed E-state index contributed by atoms with van der Waals surface area (Å²) >= 11 is 0. The first-order chi connectivity index (χ1) is 16.3. The molecule has 3 amide bonds. The van der Waals surface area contributed by atoms with Gasteiger partial charge in [-0.1, -0.05) is 26.0 Å². The lowest BCUT2D eigenvalue weighted by molar-refractivity contribution is -0.140. The molecule has 9 nitrogen and oxygen atoms in total. The van der Waals surface area contributed by atoms with Crippen LogP contribution in [0.5, 0.6) is 0 Å². The number of hydrogen-bond acceptors (Lipinski definition) is 6. The minimum atomic E-state index is -0.663. The van der Waals surface area contributed by atoms with E-state index >= 15 is 0 Å². The molecule has 1 heterocycles. The first-order valence-electron chi connectivity index (χ1n) is 11.2. The second kappa shape index (κ2) is 11.3. The molecule has 180 valence electrons. The van der Waals surface area contributed by atoms with Gasteiger partial charge in [-0.3, -0.25) is 25.3 Å². The summed E-state index contributed by atoms with van der Waals surface area (Å²) in [7, 11) is 1.37. The number of benzene rings is 2. The number of alkyl carbamates (subject to hydrolysis) is 1. The minimum absolute atomic E-state index is 0.0676. The Morgan fingerprint density at radius 2 is 1.56 bits per heavy atom. The Bertz CT molecular complexity index is 1030. The highest BCUT2D eigenvalue weighted by atomic mass is 16.5. The summed E-state index contributed by atoms with van der Waals surface area (Å²) in [5.41, 5.74) is 3.01. The van der Waals surface area contributed by atoms with Crippen molar-refractivity contribution >= 4 is 35.3 Å². The first-order valence-corrected chi connectivity index (χ1v) is 11.2. The van der Waals surface area contributed by atoms with Crippen LogP contribution < -0.4 is 15.1 Å². The molecule has 9 heteroatoms. The highest BCUT2D eigenvalue weighted by molar-refractivity contribution is 6.07. The number of nitrogens with one attached hydrogen (secondary N) is 2. The normalized spacial score (nSPS) is 13.2. The van der Waals surface area contributed by atoms with Crippen LogP contribution in [0.25, 0.3) is 0 Å². The van der Waals surface area contributed by atoms with E-state index in [0.717, 1.165) is 11.3 Å². The second-order valence-corrected chi connectivity index (χ2v) is 8.37. The van der Waals surface area contributed by atoms with Crippen LogP contribution >= 0.6 is 0 Å². The minimum Gasteiger partial charge on any atom is -0.469 e. The molecule has 0 atom stereocenters. The smallest absolute Gasteiger partial charge is 0.412 e. The van der Waals surface area contributed by atoms with Crippen molar-refractivity contribution in [3.63, 3.8) is 0 Å². The van der Waals surface area contributed by atoms with Crippen molar-refractivity contribution in [1.29, 1.82) is 5.41 Å². The fourth-order valence-corrected chi connectivity index (χ4v) is 3.47. The highest BCUT2D eigenvalue weighted by Gasteiger charge is 2.30. The quantitative estimate of drug-likeness (QED) is 0.348. The van der Waals surface area contributed by atoms with Gasteiger partial charge in [-0.25, -0.2) is 9.59 Å². The van der Waals surface area contributed by atoms with Crippen LogP contribution in [-0.4, -0.2) is 50.7 Å². The molecule has 3 rings (SSSR count). The number of esters is 1. The van der Waals surface area contributed by atoms with E-state index < -0.39 is 6.09 Å². The molecule has 0 saturated carbocycles. The van der Waals surface area contributed by atoms with Crippen molar-refractivity contribution in [3.8, 4) is 0 Å². The summed E-state index contributed by atoms with van der Waals surface area (Å²) in [6.07, 6.45) is 0.233. The van der Waals surface area contributed by atoms with Crippen molar-refractivity contribution < 1.29 is 23.9 Å². The molecular formula is C25H30N4O5. The van der Waals surface area contributed by atoms with Crippen LogP contribution in [0.15, 0.2) is 48.5 Å². The number of aryl methyl sites for hydroxylation is 1. The van der Waals surface area contributed by atoms with E-state index in [4.69, 9.17) is 10.1 Å². The maximum Gasteiger partial charge on any atom is 0.412 e. The van der Waals surface area contributed by atoms with Gasteiger partial charge in [0.25, 0.3) is 0 Å². The molecule has 0 bridgehead atoms. The van der Waals surface area contributed by atoms with Gasteiger partial charge < -0.3 is 9.47 Å². The molecular weight excluding hydrogens is 436 g/mol. The topological polar surface area (TPSA) is 112 Å². The lowest BCUT2D eigenvalue weighted by Crippen LogP contribution is -2.32. The standard InChI is InChI=1S/C25H30N4O5/c1-17(2)16-34-24(31)27-23(26)19-7-11-21(12-8-19)29-15-14-28(25(29)32)20-9-4-18(5-10-20)6-13-22(30)33-3/h4-5,7-12,17H,6,13-16H2,1-3H3,(H2,26,27,31). The van der Waals surface area contributed by atoms with Crippen LogP contribution in [0.3, 0.4) is 0 Å². The Hall–Kier alpha value is -3.88. The van der Waals surface area contributed by atoms with Crippen LogP contribution in [-0.2, 0) is 20.7 Å². The van der Waals surface area contributed by atoms with Crippen molar-refractivity contribution in [2.75, 3.05) is 36.6 Å². The fourth-order valence-electron chi connectivity index (χ4n) is 3.47. The number of carbonyl (C=O) groups is 3. The molecule has 2 aromatic carbocycles. The van der Waals surface area contributed by atoms with Gasteiger partial charge in [-0.05, 0) is 54.3 Å². The average molecular weight is 467 g/mol. The summed E-state index contributed by atoms with van der Waals surface area (Å²) in [5, 5.41) is 10.5. The number of nitrogens with zero attached hydrogens (tertiary/aromatic N) is 2. The summed E-state index contributed by atoms with van der Waals surface area (Å²) in [6.45, 7) is 5.21. The van der Waals surface area contributed by atoms with E-state index in [2.05, 4.69) is 10.1 Å². The number of hydrogen-bond donors (Lipinski definition) is 2. The molecule has 0 aliphatic carbocycles. The van der Waals surface area contributed by atoms with Gasteiger partial charge in [0.05, 0.1) is 13.7 Å². The predicted molar refractivity (Wildman–Crippen MR) is 129 cm³/mol. The summed E-state index contributed by atoms with van der Waals surface area (Å²) < 4.78 is 9.70. The summed E-state index contributed by atoms with van der Waals surface area (Å²) in [5.74, 6) is -0.110. The number of anilines is 2. The van der Waals surface area contributed by atoms with E-state index in [0.29, 0.717) is 37.2 Å². The molecule has 1 aliphatic rings. The molecule has 1 fully saturated rings. The van der Waals surface area contributed by atoms with E-state index in [9.17, 15) is 14.4 Å². The number of carbonyl (C=O) groups excluding carboxylic acids is 3. The lowest BCUT2D eigenvalue weighted by atomic mass is 10.1. The molecule has 34 heavy (non-hydrogen) atoms. The highest BCUT2D eigenvalue weighted by Crippen LogP contribution is 2.26. The molecule has 0 spiro atoms. The summed E-state index contributed by atoms with van der Waals surface area (Å²) in [4.78, 5) is 39.5. The first kappa shape index (κ1) is 24.8. The zero-order chi connectivity index (χ0) is 24.7. The molecule has 2 aromatic rings. The SMILES string of the molecule is COC(=O)CCc1ccc(N2CCN(c3ccc(C(=N)NC(=O)OCC(C)C)cc3)C2=O)cc1. The number of urea groups is 1. The number of methoxy groups -OCH3 is 1. The third-order valence-corrected chi connectivity index (χ3v) is 5.34. The van der Waals surface area contributed by atoms with Crippen molar-refractivity contribution in [3.05, 3.63) is 59.7 Å². The Balaban J connectivity index is 1.58. The van der Waals surface area contributed by atoms with Gasteiger partial charge >= 0.3 is 18.1 Å². The van der Waals surface area contributed by atoms with E-state index in [1.54, 1.807) is 34.1 Å². The molecule has 1 aliphatic heterocycles. The Labute approximate surface area is 199 Å². The van der Waals surface area contributed by atoms with Crippen LogP contribution in [0.2, 0.25) is 0 Å². The fraction of sp³-hybridized carbons (Fsp3) is 0.360. The van der Waals surface area contributed by atoms with Crippen LogP contribution in [0, 0.1) is 11.3 Å². The van der Waals surface area contributed by atoms with Gasteiger partial charge in [-0.15, -0.1) is 0 Å². The number of amidine groups is 1.